The molecule has 2 heterocycles. The molecule has 5 nitrogen and oxygen atoms in total. The van der Waals surface area contributed by atoms with Crippen molar-refractivity contribution < 1.29 is 22.8 Å². The fourth-order valence-electron chi connectivity index (χ4n) is 5.07. The van der Waals surface area contributed by atoms with E-state index in [-0.39, 0.29) is 16.4 Å². The van der Waals surface area contributed by atoms with Crippen molar-refractivity contribution in [2.75, 3.05) is 4.90 Å². The van der Waals surface area contributed by atoms with Gasteiger partial charge >= 0.3 is 6.18 Å². The number of halogens is 3. The lowest BCUT2D eigenvalue weighted by atomic mass is 10.0. The number of anilines is 1. The quantitative estimate of drug-likeness (QED) is 0.129. The van der Waals surface area contributed by atoms with Gasteiger partial charge < -0.3 is 4.57 Å². The summed E-state index contributed by atoms with van der Waals surface area (Å²) < 4.78 is 42.4. The molecular weight excluding hydrogens is 571 g/mol. The van der Waals surface area contributed by atoms with Gasteiger partial charge in [-0.25, -0.2) is 0 Å². The predicted octanol–water partition coefficient (Wildman–Crippen LogP) is 7.66. The van der Waals surface area contributed by atoms with Gasteiger partial charge in [0, 0.05) is 11.3 Å². The maximum absolute atomic E-state index is 13.8. The van der Waals surface area contributed by atoms with E-state index in [1.165, 1.54) is 18.2 Å². The number of para-hydroxylation sites is 1. The first kappa shape index (κ1) is 27.9. The number of hydrogen-bond acceptors (Lipinski definition) is 3. The minimum atomic E-state index is -4.63. The molecule has 1 N–H and O–H groups in total. The molecule has 0 atom stereocenters. The van der Waals surface area contributed by atoms with Crippen molar-refractivity contribution in [3.8, 4) is 28.2 Å². The van der Waals surface area contributed by atoms with E-state index < -0.39 is 23.6 Å². The number of aromatic nitrogens is 1. The van der Waals surface area contributed by atoms with E-state index in [0.29, 0.717) is 5.56 Å². The standard InChI is InChI=1S/C34H22F3N3O2S/c35-34(36,37)25-15-10-18-27(21-25)40-32(42)28(31(41)38-33(40)43)19-24-20-29(22-11-4-1-5-12-22)39(26-16-8-3-9-17-26)30(24)23-13-6-2-7-14-23/h1-21H,(H,38,41,43)/b28-19-. The number of alkyl halides is 3. The lowest BCUT2D eigenvalue weighted by molar-refractivity contribution is -0.137. The first-order valence-corrected chi connectivity index (χ1v) is 13.6. The maximum Gasteiger partial charge on any atom is 0.416 e. The van der Waals surface area contributed by atoms with Crippen molar-refractivity contribution in [1.82, 2.24) is 9.88 Å². The second kappa shape index (κ2) is 11.2. The first-order valence-electron chi connectivity index (χ1n) is 13.2. The zero-order valence-corrected chi connectivity index (χ0v) is 23.2. The molecule has 2 amide bonds. The SMILES string of the molecule is O=C1NC(=S)N(c2cccc(C(F)(F)F)c2)C(=O)/C1=C\c1cc(-c2ccccc2)n(-c2ccccc2)c1-c1ccccc1. The molecule has 0 bridgehead atoms. The molecule has 4 aromatic carbocycles. The third kappa shape index (κ3) is 5.38. The Hall–Kier alpha value is -5.28. The van der Waals surface area contributed by atoms with Crippen molar-refractivity contribution in [3.05, 3.63) is 138 Å². The van der Waals surface area contributed by atoms with Gasteiger partial charge in [0.1, 0.15) is 5.57 Å². The Balaban J connectivity index is 1.56. The molecule has 1 aliphatic rings. The second-order valence-corrected chi connectivity index (χ2v) is 10.1. The maximum atomic E-state index is 13.8. The van der Waals surface area contributed by atoms with E-state index in [4.69, 9.17) is 12.2 Å². The second-order valence-electron chi connectivity index (χ2n) is 9.74. The zero-order chi connectivity index (χ0) is 30.1. The summed E-state index contributed by atoms with van der Waals surface area (Å²) in [5, 5.41) is 2.17. The summed E-state index contributed by atoms with van der Waals surface area (Å²) in [6, 6.07) is 35.0. The third-order valence-electron chi connectivity index (χ3n) is 6.99. The largest absolute Gasteiger partial charge is 0.416 e. The summed E-state index contributed by atoms with van der Waals surface area (Å²) in [5.41, 5.74) is 3.36. The minimum absolute atomic E-state index is 0.106. The van der Waals surface area contributed by atoms with Gasteiger partial charge in [-0.3, -0.25) is 19.8 Å². The van der Waals surface area contributed by atoms with Crippen LogP contribution in [0.4, 0.5) is 18.9 Å². The van der Waals surface area contributed by atoms with Gasteiger partial charge in [0.05, 0.1) is 22.6 Å². The Kier molecular flexibility index (Phi) is 7.25. The Morgan fingerprint density at radius 3 is 1.91 bits per heavy atom. The van der Waals surface area contributed by atoms with Crippen LogP contribution < -0.4 is 10.2 Å². The number of thiocarbonyl (C=S) groups is 1. The topological polar surface area (TPSA) is 54.3 Å². The highest BCUT2D eigenvalue weighted by atomic mass is 32.1. The normalized spacial score (nSPS) is 14.7. The van der Waals surface area contributed by atoms with Crippen LogP contribution in [0.1, 0.15) is 11.1 Å². The van der Waals surface area contributed by atoms with Crippen LogP contribution in [-0.2, 0) is 15.8 Å². The van der Waals surface area contributed by atoms with Gasteiger partial charge in [0.25, 0.3) is 11.8 Å². The summed E-state index contributed by atoms with van der Waals surface area (Å²) in [7, 11) is 0. The third-order valence-corrected chi connectivity index (χ3v) is 7.28. The summed E-state index contributed by atoms with van der Waals surface area (Å²) in [4.78, 5) is 27.9. The summed E-state index contributed by atoms with van der Waals surface area (Å²) in [5.74, 6) is -1.58. The number of benzene rings is 4. The first-order chi connectivity index (χ1) is 20.7. The predicted molar refractivity (Wildman–Crippen MR) is 164 cm³/mol. The van der Waals surface area contributed by atoms with Crippen LogP contribution in [0.15, 0.2) is 127 Å². The molecule has 5 aromatic rings. The number of carbonyl (C=O) groups is 2. The summed E-state index contributed by atoms with van der Waals surface area (Å²) in [6.07, 6.45) is -3.16. The van der Waals surface area contributed by atoms with Crippen LogP contribution in [-0.4, -0.2) is 21.5 Å². The van der Waals surface area contributed by atoms with Crippen molar-refractivity contribution in [1.29, 1.82) is 0 Å². The summed E-state index contributed by atoms with van der Waals surface area (Å²) in [6.45, 7) is 0. The van der Waals surface area contributed by atoms with E-state index in [1.54, 1.807) is 0 Å². The molecule has 43 heavy (non-hydrogen) atoms. The number of amides is 2. The highest BCUT2D eigenvalue weighted by Crippen LogP contribution is 2.38. The van der Waals surface area contributed by atoms with Gasteiger partial charge in [-0.15, -0.1) is 0 Å². The molecule has 6 rings (SSSR count). The van der Waals surface area contributed by atoms with Crippen LogP contribution in [0.25, 0.3) is 34.3 Å². The van der Waals surface area contributed by atoms with E-state index >= 15 is 0 Å². The average molecular weight is 594 g/mol. The Bertz CT molecular complexity index is 1880. The average Bonchev–Trinajstić information content (AvgIpc) is 3.39. The van der Waals surface area contributed by atoms with Crippen molar-refractivity contribution in [3.63, 3.8) is 0 Å². The molecule has 212 valence electrons. The molecule has 0 aliphatic carbocycles. The van der Waals surface area contributed by atoms with E-state index in [9.17, 15) is 22.8 Å². The molecule has 1 aromatic heterocycles. The monoisotopic (exact) mass is 593 g/mol. The molecule has 0 saturated carbocycles. The van der Waals surface area contributed by atoms with E-state index in [0.717, 1.165) is 45.2 Å². The highest BCUT2D eigenvalue weighted by molar-refractivity contribution is 7.80. The Morgan fingerprint density at radius 1 is 0.698 bits per heavy atom. The van der Waals surface area contributed by atoms with Crippen molar-refractivity contribution in [2.24, 2.45) is 0 Å². The van der Waals surface area contributed by atoms with Gasteiger partial charge in [-0.05, 0) is 65.8 Å². The molecule has 9 heteroatoms. The van der Waals surface area contributed by atoms with Crippen LogP contribution >= 0.6 is 12.2 Å². The van der Waals surface area contributed by atoms with Crippen molar-refractivity contribution in [2.45, 2.75) is 6.18 Å². The molecular formula is C34H22F3N3O2S. The molecule has 1 saturated heterocycles. The minimum Gasteiger partial charge on any atom is -0.309 e. The van der Waals surface area contributed by atoms with Gasteiger partial charge in [-0.2, -0.15) is 13.2 Å². The Morgan fingerprint density at radius 2 is 1.28 bits per heavy atom. The number of hydrogen-bond donors (Lipinski definition) is 1. The lowest BCUT2D eigenvalue weighted by Crippen LogP contribution is -2.54. The van der Waals surface area contributed by atoms with Crippen LogP contribution in [0.2, 0.25) is 0 Å². The Labute approximate surface area is 250 Å². The fraction of sp³-hybridized carbons (Fsp3) is 0.0294. The van der Waals surface area contributed by atoms with Crippen LogP contribution in [0.3, 0.4) is 0 Å². The summed E-state index contributed by atoms with van der Waals surface area (Å²) >= 11 is 5.23. The smallest absolute Gasteiger partial charge is 0.309 e. The number of nitrogens with zero attached hydrogens (tertiary/aromatic N) is 2. The molecule has 1 fully saturated rings. The van der Waals surface area contributed by atoms with Gasteiger partial charge in [-0.1, -0.05) is 84.9 Å². The van der Waals surface area contributed by atoms with Crippen LogP contribution in [0, 0.1) is 0 Å². The number of rotatable bonds is 5. The fourth-order valence-corrected chi connectivity index (χ4v) is 5.35. The van der Waals surface area contributed by atoms with Crippen LogP contribution in [0.5, 0.6) is 0 Å². The molecule has 0 unspecified atom stereocenters. The van der Waals surface area contributed by atoms with Gasteiger partial charge in [0.2, 0.25) is 0 Å². The highest BCUT2D eigenvalue weighted by Gasteiger charge is 2.37. The molecule has 1 aliphatic heterocycles. The lowest BCUT2D eigenvalue weighted by Gasteiger charge is -2.29. The number of nitrogens with one attached hydrogen (secondary N) is 1. The van der Waals surface area contributed by atoms with Crippen molar-refractivity contribution >= 4 is 40.9 Å². The van der Waals surface area contributed by atoms with Gasteiger partial charge in [0.15, 0.2) is 5.11 Å². The molecule has 0 radical (unpaired) electrons. The van der Waals surface area contributed by atoms with E-state index in [2.05, 4.69) is 9.88 Å². The molecule has 0 spiro atoms. The van der Waals surface area contributed by atoms with E-state index in [1.807, 2.05) is 97.1 Å². The zero-order valence-electron chi connectivity index (χ0n) is 22.4. The number of carbonyl (C=O) groups excluding carboxylic acids is 2.